The fourth-order valence-corrected chi connectivity index (χ4v) is 0.224. The first-order valence-corrected chi connectivity index (χ1v) is 3.26. The molecule has 0 aliphatic heterocycles. The smallest absolute Gasteiger partial charge is 0.0662 e. The van der Waals surface area contributed by atoms with Gasteiger partial charge in [0.1, 0.15) is 0 Å². The van der Waals surface area contributed by atoms with Crippen molar-refractivity contribution in [2.24, 2.45) is 0 Å². The Kier molecular flexibility index (Phi) is 19.9. The zero-order chi connectivity index (χ0) is 8.24. The number of aliphatic hydroxyl groups is 4. The van der Waals surface area contributed by atoms with Crippen LogP contribution in [0.1, 0.15) is 12.8 Å². The van der Waals surface area contributed by atoms with Gasteiger partial charge in [-0.25, -0.2) is 0 Å². The van der Waals surface area contributed by atoms with E-state index in [0.717, 1.165) is 12.8 Å². The first kappa shape index (κ1) is 12.5. The van der Waals surface area contributed by atoms with Crippen molar-refractivity contribution >= 4 is 0 Å². The Bertz CT molecular complexity index is 34.7. The fourth-order valence-electron chi connectivity index (χ4n) is 0.224. The van der Waals surface area contributed by atoms with E-state index in [2.05, 4.69) is 0 Å². The van der Waals surface area contributed by atoms with Crippen LogP contribution in [0.25, 0.3) is 0 Å². The molecule has 4 nitrogen and oxygen atoms in total. The number of rotatable bonds is 4. The molecule has 0 amide bonds. The van der Waals surface area contributed by atoms with Crippen LogP contribution in [0.3, 0.4) is 0 Å². The standard InChI is InChI=1S/C4H10O2.C2H6O2/c5-3-1-2-4-6;3-1-2-4/h5-6H,1-4H2;3-4H,1-2H2. The van der Waals surface area contributed by atoms with Crippen molar-refractivity contribution in [3.8, 4) is 0 Å². The molecule has 0 aliphatic rings. The average Bonchev–Trinajstić information content (AvgIpc) is 2.01. The van der Waals surface area contributed by atoms with Crippen molar-refractivity contribution < 1.29 is 20.4 Å². The van der Waals surface area contributed by atoms with E-state index in [1.807, 2.05) is 0 Å². The molecule has 10 heavy (non-hydrogen) atoms. The Labute approximate surface area is 60.7 Å². The lowest BCUT2D eigenvalue weighted by Gasteiger charge is -1.85. The van der Waals surface area contributed by atoms with Crippen LogP contribution in [0, 0.1) is 0 Å². The zero-order valence-corrected chi connectivity index (χ0v) is 6.03. The van der Waals surface area contributed by atoms with Gasteiger partial charge < -0.3 is 20.4 Å². The second kappa shape index (κ2) is 15.9. The minimum absolute atomic E-state index is 0.125. The van der Waals surface area contributed by atoms with Gasteiger partial charge in [0.2, 0.25) is 0 Å². The third-order valence-electron chi connectivity index (χ3n) is 0.666. The summed E-state index contributed by atoms with van der Waals surface area (Å²) in [5.41, 5.74) is 0. The van der Waals surface area contributed by atoms with Crippen molar-refractivity contribution in [1.82, 2.24) is 0 Å². The molecule has 0 aromatic rings. The summed E-state index contributed by atoms with van der Waals surface area (Å²) in [5, 5.41) is 31.4. The van der Waals surface area contributed by atoms with Crippen molar-refractivity contribution in [2.75, 3.05) is 26.4 Å². The van der Waals surface area contributed by atoms with Crippen LogP contribution >= 0.6 is 0 Å². The van der Waals surface area contributed by atoms with Crippen molar-refractivity contribution in [2.45, 2.75) is 12.8 Å². The summed E-state index contributed by atoms with van der Waals surface area (Å²) in [6, 6.07) is 0. The largest absolute Gasteiger partial charge is 0.396 e. The van der Waals surface area contributed by atoms with Crippen LogP contribution in [0.5, 0.6) is 0 Å². The van der Waals surface area contributed by atoms with Gasteiger partial charge in [-0.1, -0.05) is 0 Å². The number of aliphatic hydroxyl groups excluding tert-OH is 4. The lowest BCUT2D eigenvalue weighted by atomic mass is 10.3. The van der Waals surface area contributed by atoms with Crippen LogP contribution < -0.4 is 0 Å². The highest BCUT2D eigenvalue weighted by molar-refractivity contribution is 4.30. The number of hydrogen-bond acceptors (Lipinski definition) is 4. The molecule has 0 aromatic heterocycles. The summed E-state index contributed by atoms with van der Waals surface area (Å²) in [6.45, 7) is 0.140. The summed E-state index contributed by atoms with van der Waals surface area (Å²) >= 11 is 0. The van der Waals surface area contributed by atoms with Gasteiger partial charge >= 0.3 is 0 Å². The van der Waals surface area contributed by atoms with Crippen LogP contribution in [0.4, 0.5) is 0 Å². The SMILES string of the molecule is OCCCCO.OCCO. The second-order valence-corrected chi connectivity index (χ2v) is 1.60. The van der Waals surface area contributed by atoms with E-state index < -0.39 is 0 Å². The molecule has 0 spiro atoms. The van der Waals surface area contributed by atoms with Gasteiger partial charge in [-0.15, -0.1) is 0 Å². The highest BCUT2D eigenvalue weighted by Crippen LogP contribution is 1.80. The van der Waals surface area contributed by atoms with E-state index in [0.29, 0.717) is 0 Å². The van der Waals surface area contributed by atoms with Crippen LogP contribution in [0.15, 0.2) is 0 Å². The van der Waals surface area contributed by atoms with E-state index in [1.165, 1.54) is 0 Å². The third kappa shape index (κ3) is 24.9. The lowest BCUT2D eigenvalue weighted by Crippen LogP contribution is -1.85. The van der Waals surface area contributed by atoms with E-state index in [1.54, 1.807) is 0 Å². The molecule has 0 heterocycles. The fraction of sp³-hybridized carbons (Fsp3) is 1.00. The molecule has 0 saturated carbocycles. The molecule has 64 valence electrons. The van der Waals surface area contributed by atoms with E-state index in [9.17, 15) is 0 Å². The quantitative estimate of drug-likeness (QED) is 0.378. The van der Waals surface area contributed by atoms with Gasteiger partial charge in [-0.2, -0.15) is 0 Å². The summed E-state index contributed by atoms with van der Waals surface area (Å²) < 4.78 is 0. The molecule has 0 unspecified atom stereocenters. The molecule has 4 heteroatoms. The molecule has 0 saturated heterocycles. The lowest BCUT2D eigenvalue weighted by molar-refractivity contribution is 0.186. The van der Waals surface area contributed by atoms with Gasteiger partial charge in [0.05, 0.1) is 13.2 Å². The summed E-state index contributed by atoms with van der Waals surface area (Å²) in [7, 11) is 0. The maximum Gasteiger partial charge on any atom is 0.0662 e. The molecular formula is C6H16O4. The average molecular weight is 152 g/mol. The van der Waals surface area contributed by atoms with Crippen molar-refractivity contribution in [3.63, 3.8) is 0 Å². The van der Waals surface area contributed by atoms with Crippen LogP contribution in [-0.4, -0.2) is 46.9 Å². The number of unbranched alkanes of at least 4 members (excludes halogenated alkanes) is 1. The highest BCUT2D eigenvalue weighted by atomic mass is 16.3. The first-order chi connectivity index (χ1) is 4.83. The molecule has 0 bridgehead atoms. The predicted octanol–water partition coefficient (Wildman–Crippen LogP) is -1.28. The molecule has 0 fully saturated rings. The molecule has 0 atom stereocenters. The topological polar surface area (TPSA) is 80.9 Å². The Morgan fingerprint density at radius 1 is 0.500 bits per heavy atom. The van der Waals surface area contributed by atoms with Gasteiger partial charge in [0.15, 0.2) is 0 Å². The Morgan fingerprint density at radius 3 is 0.900 bits per heavy atom. The molecule has 0 aromatic carbocycles. The minimum atomic E-state index is -0.125. The van der Waals surface area contributed by atoms with Gasteiger partial charge in [-0.05, 0) is 12.8 Å². The van der Waals surface area contributed by atoms with E-state index in [-0.39, 0.29) is 26.4 Å². The molecular weight excluding hydrogens is 136 g/mol. The number of hydrogen-bond donors (Lipinski definition) is 4. The maximum absolute atomic E-state index is 8.09. The molecule has 0 rings (SSSR count). The second-order valence-electron chi connectivity index (χ2n) is 1.60. The zero-order valence-electron chi connectivity index (χ0n) is 6.03. The third-order valence-corrected chi connectivity index (χ3v) is 0.666. The van der Waals surface area contributed by atoms with Gasteiger partial charge in [0, 0.05) is 13.2 Å². The van der Waals surface area contributed by atoms with Crippen molar-refractivity contribution in [1.29, 1.82) is 0 Å². The normalized spacial score (nSPS) is 8.40. The first-order valence-electron chi connectivity index (χ1n) is 3.26. The summed E-state index contributed by atoms with van der Waals surface area (Å²) in [6.07, 6.45) is 1.44. The Hall–Kier alpha value is -0.160. The Morgan fingerprint density at radius 2 is 0.800 bits per heavy atom. The predicted molar refractivity (Wildman–Crippen MR) is 37.6 cm³/mol. The molecule has 4 N–H and O–H groups in total. The van der Waals surface area contributed by atoms with Crippen LogP contribution in [-0.2, 0) is 0 Å². The summed E-state index contributed by atoms with van der Waals surface area (Å²) in [5.74, 6) is 0. The summed E-state index contributed by atoms with van der Waals surface area (Å²) in [4.78, 5) is 0. The highest BCUT2D eigenvalue weighted by Gasteiger charge is 1.77. The van der Waals surface area contributed by atoms with Crippen molar-refractivity contribution in [3.05, 3.63) is 0 Å². The van der Waals surface area contributed by atoms with Gasteiger partial charge in [0.25, 0.3) is 0 Å². The van der Waals surface area contributed by atoms with Crippen LogP contribution in [0.2, 0.25) is 0 Å². The molecule has 0 radical (unpaired) electrons. The van der Waals surface area contributed by atoms with E-state index >= 15 is 0 Å². The minimum Gasteiger partial charge on any atom is -0.396 e. The van der Waals surface area contributed by atoms with E-state index in [4.69, 9.17) is 20.4 Å². The van der Waals surface area contributed by atoms with Gasteiger partial charge in [-0.3, -0.25) is 0 Å². The Balaban J connectivity index is 0. The maximum atomic E-state index is 8.09. The molecule has 0 aliphatic carbocycles. The monoisotopic (exact) mass is 152 g/mol.